The zero-order chi connectivity index (χ0) is 16.9. The van der Waals surface area contributed by atoms with Crippen molar-refractivity contribution in [3.63, 3.8) is 0 Å². The summed E-state index contributed by atoms with van der Waals surface area (Å²) in [7, 11) is 0. The first-order chi connectivity index (χ1) is 12.4. The first-order valence-corrected chi connectivity index (χ1v) is 8.60. The quantitative estimate of drug-likeness (QED) is 0.600. The predicted molar refractivity (Wildman–Crippen MR) is 106 cm³/mol. The third-order valence-corrected chi connectivity index (χ3v) is 4.41. The number of benzene rings is 3. The Morgan fingerprint density at radius 2 is 1.32 bits per heavy atom. The minimum absolute atomic E-state index is 0.235. The van der Waals surface area contributed by atoms with Crippen LogP contribution in [0.4, 0.5) is 5.69 Å². The summed E-state index contributed by atoms with van der Waals surface area (Å²) in [5.41, 5.74) is 4.71. The molecule has 0 fully saturated rings. The molecule has 1 aliphatic heterocycles. The molecule has 0 radical (unpaired) electrons. The number of hydrazone groups is 1. The van der Waals surface area contributed by atoms with Crippen LogP contribution in [0.5, 0.6) is 0 Å². The van der Waals surface area contributed by atoms with Crippen LogP contribution in [0.25, 0.3) is 6.08 Å². The van der Waals surface area contributed by atoms with Gasteiger partial charge in [-0.2, -0.15) is 5.10 Å². The van der Waals surface area contributed by atoms with Crippen molar-refractivity contribution in [2.75, 3.05) is 5.01 Å². The molecular weight excluding hydrogens is 304 g/mol. The summed E-state index contributed by atoms with van der Waals surface area (Å²) in [5, 5.41) is 7.03. The molecule has 0 saturated heterocycles. The molecule has 0 saturated carbocycles. The lowest BCUT2D eigenvalue weighted by molar-refractivity contribution is 0.709. The number of nitrogens with zero attached hydrogens (tertiary/aromatic N) is 2. The molecule has 1 unspecified atom stereocenters. The monoisotopic (exact) mass is 324 g/mol. The van der Waals surface area contributed by atoms with E-state index in [1.54, 1.807) is 0 Å². The van der Waals surface area contributed by atoms with Crippen molar-refractivity contribution in [1.29, 1.82) is 0 Å². The maximum absolute atomic E-state index is 4.89. The first kappa shape index (κ1) is 15.4. The average molecular weight is 324 g/mol. The Morgan fingerprint density at radius 1 is 0.720 bits per heavy atom. The molecule has 122 valence electrons. The van der Waals surface area contributed by atoms with Crippen LogP contribution >= 0.6 is 0 Å². The molecule has 0 spiro atoms. The smallest absolute Gasteiger partial charge is 0.0831 e. The molecule has 25 heavy (non-hydrogen) atoms. The van der Waals surface area contributed by atoms with E-state index in [4.69, 9.17) is 5.10 Å². The number of hydrogen-bond donors (Lipinski definition) is 0. The van der Waals surface area contributed by atoms with Gasteiger partial charge in [-0.3, -0.25) is 5.01 Å². The number of rotatable bonds is 4. The van der Waals surface area contributed by atoms with E-state index in [2.05, 4.69) is 96.0 Å². The lowest BCUT2D eigenvalue weighted by Crippen LogP contribution is -2.18. The third kappa shape index (κ3) is 3.53. The maximum Gasteiger partial charge on any atom is 0.0831 e. The number of para-hydroxylation sites is 1. The van der Waals surface area contributed by atoms with Gasteiger partial charge in [-0.15, -0.1) is 0 Å². The van der Waals surface area contributed by atoms with Gasteiger partial charge in [0.2, 0.25) is 0 Å². The summed E-state index contributed by atoms with van der Waals surface area (Å²) >= 11 is 0. The van der Waals surface area contributed by atoms with Crippen LogP contribution in [0.2, 0.25) is 0 Å². The summed E-state index contributed by atoms with van der Waals surface area (Å²) in [5.74, 6) is 0. The fourth-order valence-corrected chi connectivity index (χ4v) is 3.14. The van der Waals surface area contributed by atoms with Crippen molar-refractivity contribution in [1.82, 2.24) is 0 Å². The van der Waals surface area contributed by atoms with Gasteiger partial charge in [0, 0.05) is 6.42 Å². The molecule has 0 amide bonds. The summed E-state index contributed by atoms with van der Waals surface area (Å²) in [6.07, 6.45) is 5.17. The summed E-state index contributed by atoms with van der Waals surface area (Å²) in [4.78, 5) is 0. The zero-order valence-electron chi connectivity index (χ0n) is 14.0. The van der Waals surface area contributed by atoms with Crippen molar-refractivity contribution in [3.05, 3.63) is 108 Å². The molecule has 0 aliphatic carbocycles. The van der Waals surface area contributed by atoms with E-state index < -0.39 is 0 Å². The molecule has 1 heterocycles. The van der Waals surface area contributed by atoms with Gasteiger partial charge in [0.15, 0.2) is 0 Å². The van der Waals surface area contributed by atoms with E-state index in [0.717, 1.165) is 17.8 Å². The number of anilines is 1. The second kappa shape index (κ2) is 7.18. The largest absolute Gasteiger partial charge is 0.257 e. The Kier molecular flexibility index (Phi) is 4.42. The third-order valence-electron chi connectivity index (χ3n) is 4.41. The highest BCUT2D eigenvalue weighted by atomic mass is 15.5. The van der Waals surface area contributed by atoms with E-state index >= 15 is 0 Å². The van der Waals surface area contributed by atoms with E-state index in [1.165, 1.54) is 11.1 Å². The fraction of sp³-hybridized carbons (Fsp3) is 0.0870. The van der Waals surface area contributed by atoms with Gasteiger partial charge in [-0.05, 0) is 29.3 Å². The van der Waals surface area contributed by atoms with Crippen molar-refractivity contribution >= 4 is 17.5 Å². The van der Waals surface area contributed by atoms with E-state index in [-0.39, 0.29) is 6.04 Å². The van der Waals surface area contributed by atoms with Gasteiger partial charge in [0.05, 0.1) is 17.4 Å². The molecule has 3 aromatic carbocycles. The van der Waals surface area contributed by atoms with Gasteiger partial charge in [0.1, 0.15) is 0 Å². The van der Waals surface area contributed by atoms with Gasteiger partial charge >= 0.3 is 0 Å². The molecule has 0 bridgehead atoms. The van der Waals surface area contributed by atoms with E-state index in [0.29, 0.717) is 0 Å². The average Bonchev–Trinajstić information content (AvgIpc) is 3.13. The second-order valence-electron chi connectivity index (χ2n) is 6.15. The minimum Gasteiger partial charge on any atom is -0.257 e. The number of allylic oxidation sites excluding steroid dienone is 1. The van der Waals surface area contributed by atoms with Crippen LogP contribution in [-0.2, 0) is 0 Å². The Bertz CT molecular complexity index is 868. The topological polar surface area (TPSA) is 15.6 Å². The standard InChI is InChI=1S/C23H20N2/c1-4-10-19(11-5-1)16-17-21-18-23(20-12-6-2-7-13-20)25(24-21)22-14-8-3-9-15-22/h1-17,23H,18H2/b17-16+. The Labute approximate surface area is 148 Å². The van der Waals surface area contributed by atoms with Crippen molar-refractivity contribution in [2.45, 2.75) is 12.5 Å². The molecular formula is C23H20N2. The molecule has 3 aromatic rings. The lowest BCUT2D eigenvalue weighted by Gasteiger charge is -2.23. The molecule has 0 N–H and O–H groups in total. The Morgan fingerprint density at radius 3 is 2.00 bits per heavy atom. The predicted octanol–water partition coefficient (Wildman–Crippen LogP) is 5.71. The fourth-order valence-electron chi connectivity index (χ4n) is 3.14. The molecule has 1 atom stereocenters. The van der Waals surface area contributed by atoms with Gasteiger partial charge in [0.25, 0.3) is 0 Å². The first-order valence-electron chi connectivity index (χ1n) is 8.60. The van der Waals surface area contributed by atoms with Crippen LogP contribution in [-0.4, -0.2) is 5.71 Å². The van der Waals surface area contributed by atoms with Crippen molar-refractivity contribution in [3.8, 4) is 0 Å². The summed E-state index contributed by atoms with van der Waals surface area (Å²) in [6, 6.07) is 31.6. The molecule has 0 aromatic heterocycles. The minimum atomic E-state index is 0.235. The molecule has 1 aliphatic rings. The van der Waals surface area contributed by atoms with Crippen molar-refractivity contribution < 1.29 is 0 Å². The van der Waals surface area contributed by atoms with Crippen molar-refractivity contribution in [2.24, 2.45) is 5.10 Å². The molecule has 4 rings (SSSR count). The second-order valence-corrected chi connectivity index (χ2v) is 6.15. The Balaban J connectivity index is 1.64. The Hall–Kier alpha value is -3.13. The highest BCUT2D eigenvalue weighted by Crippen LogP contribution is 2.35. The molecule has 2 heteroatoms. The lowest BCUT2D eigenvalue weighted by atomic mass is 10.0. The van der Waals surface area contributed by atoms with Crippen LogP contribution in [0.15, 0.2) is 102 Å². The highest BCUT2D eigenvalue weighted by Gasteiger charge is 2.27. The van der Waals surface area contributed by atoms with Gasteiger partial charge < -0.3 is 0 Å². The van der Waals surface area contributed by atoms with Crippen LogP contribution in [0.3, 0.4) is 0 Å². The molecule has 2 nitrogen and oxygen atoms in total. The van der Waals surface area contributed by atoms with E-state index in [1.807, 2.05) is 12.1 Å². The summed E-state index contributed by atoms with van der Waals surface area (Å²) < 4.78 is 0. The summed E-state index contributed by atoms with van der Waals surface area (Å²) in [6.45, 7) is 0. The zero-order valence-corrected chi connectivity index (χ0v) is 14.0. The van der Waals surface area contributed by atoms with Gasteiger partial charge in [-0.1, -0.05) is 84.9 Å². The van der Waals surface area contributed by atoms with Crippen LogP contribution in [0.1, 0.15) is 23.6 Å². The highest BCUT2D eigenvalue weighted by molar-refractivity contribution is 6.01. The van der Waals surface area contributed by atoms with Crippen LogP contribution < -0.4 is 5.01 Å². The number of hydrogen-bond acceptors (Lipinski definition) is 2. The normalized spacial score (nSPS) is 17.0. The van der Waals surface area contributed by atoms with Crippen LogP contribution in [0, 0.1) is 0 Å². The SMILES string of the molecule is C(=C\c1ccccc1)/C1=NN(c2ccccc2)C(c2ccccc2)C1. The van der Waals surface area contributed by atoms with Gasteiger partial charge in [-0.25, -0.2) is 0 Å². The maximum atomic E-state index is 4.89. The van der Waals surface area contributed by atoms with E-state index in [9.17, 15) is 0 Å².